The van der Waals surface area contributed by atoms with Crippen LogP contribution in [-0.2, 0) is 0 Å². The van der Waals surface area contributed by atoms with Gasteiger partial charge in [-0.15, -0.1) is 0 Å². The maximum Gasteiger partial charge on any atom is 0.0662 e. The van der Waals surface area contributed by atoms with Crippen LogP contribution in [0.2, 0.25) is 0 Å². The fraction of sp³-hybridized carbons (Fsp3) is 1.00. The summed E-state index contributed by atoms with van der Waals surface area (Å²) in [6.07, 6.45) is 0.883. The summed E-state index contributed by atoms with van der Waals surface area (Å²) in [5, 5.41) is 12.2. The van der Waals surface area contributed by atoms with E-state index >= 15 is 0 Å². The number of rotatable bonds is 4. The van der Waals surface area contributed by atoms with Gasteiger partial charge < -0.3 is 10.4 Å². The van der Waals surface area contributed by atoms with Gasteiger partial charge in [0, 0.05) is 6.04 Å². The Balaban J connectivity index is 3.16. The molecule has 2 heteroatoms. The molecule has 0 aliphatic carbocycles. The second-order valence-corrected chi connectivity index (χ2v) is 2.48. The van der Waals surface area contributed by atoms with Crippen LogP contribution < -0.4 is 5.32 Å². The molecule has 0 radical (unpaired) electrons. The summed E-state index contributed by atoms with van der Waals surface area (Å²) in [6, 6.07) is 0.227. The fourth-order valence-electron chi connectivity index (χ4n) is 0.543. The van der Waals surface area contributed by atoms with Gasteiger partial charge in [-0.2, -0.15) is 0 Å². The van der Waals surface area contributed by atoms with Crippen molar-refractivity contribution in [1.82, 2.24) is 5.32 Å². The van der Waals surface area contributed by atoms with Crippen LogP contribution in [0.3, 0.4) is 0 Å². The first-order valence-corrected chi connectivity index (χ1v) is 3.60. The van der Waals surface area contributed by atoms with Gasteiger partial charge in [0.25, 0.3) is 0 Å². The lowest BCUT2D eigenvalue weighted by atomic mass is 10.2. The maximum absolute atomic E-state index is 8.99. The first kappa shape index (κ1) is 8.92. The van der Waals surface area contributed by atoms with E-state index in [1.807, 2.05) is 6.92 Å². The molecule has 0 rings (SSSR count). The van der Waals surface area contributed by atoms with Crippen molar-refractivity contribution in [2.75, 3.05) is 6.54 Å². The molecule has 0 aromatic carbocycles. The summed E-state index contributed by atoms with van der Waals surface area (Å²) < 4.78 is 0. The lowest BCUT2D eigenvalue weighted by Gasteiger charge is -2.15. The molecule has 0 bridgehead atoms. The van der Waals surface area contributed by atoms with Gasteiger partial charge in [-0.05, 0) is 26.8 Å². The summed E-state index contributed by atoms with van der Waals surface area (Å²) in [7, 11) is 0. The van der Waals surface area contributed by atoms with E-state index in [9.17, 15) is 0 Å². The lowest BCUT2D eigenvalue weighted by Crippen LogP contribution is -2.35. The Labute approximate surface area is 57.3 Å². The predicted octanol–water partition coefficient (Wildman–Crippen LogP) is 0.755. The normalized spacial score (nSPS) is 17.3. The van der Waals surface area contributed by atoms with Crippen molar-refractivity contribution < 1.29 is 5.11 Å². The van der Waals surface area contributed by atoms with Gasteiger partial charge in [-0.3, -0.25) is 0 Å². The smallest absolute Gasteiger partial charge is 0.0662 e. The Hall–Kier alpha value is -0.0800. The third-order valence-electron chi connectivity index (χ3n) is 1.44. The highest BCUT2D eigenvalue weighted by Crippen LogP contribution is 1.89. The summed E-state index contributed by atoms with van der Waals surface area (Å²) in [4.78, 5) is 0. The van der Waals surface area contributed by atoms with Gasteiger partial charge in [-0.1, -0.05) is 6.92 Å². The SMILES string of the molecule is CCCN[C@H](C)[C@H](C)O. The largest absolute Gasteiger partial charge is 0.392 e. The molecule has 0 fully saturated rings. The van der Waals surface area contributed by atoms with Crippen molar-refractivity contribution in [3.63, 3.8) is 0 Å². The van der Waals surface area contributed by atoms with Gasteiger partial charge in [-0.25, -0.2) is 0 Å². The van der Waals surface area contributed by atoms with Gasteiger partial charge in [0.2, 0.25) is 0 Å². The highest BCUT2D eigenvalue weighted by molar-refractivity contribution is 4.64. The topological polar surface area (TPSA) is 32.3 Å². The van der Waals surface area contributed by atoms with Crippen molar-refractivity contribution in [2.45, 2.75) is 39.3 Å². The highest BCUT2D eigenvalue weighted by atomic mass is 16.3. The van der Waals surface area contributed by atoms with Crippen molar-refractivity contribution in [3.05, 3.63) is 0 Å². The quantitative estimate of drug-likeness (QED) is 0.590. The zero-order valence-electron chi connectivity index (χ0n) is 6.52. The summed E-state index contributed by atoms with van der Waals surface area (Å²) >= 11 is 0. The van der Waals surface area contributed by atoms with Crippen LogP contribution in [0, 0.1) is 0 Å². The van der Waals surface area contributed by atoms with Crippen molar-refractivity contribution in [1.29, 1.82) is 0 Å². The lowest BCUT2D eigenvalue weighted by molar-refractivity contribution is 0.153. The molecule has 0 aliphatic rings. The molecule has 0 saturated heterocycles. The molecular weight excluding hydrogens is 114 g/mol. The molecule has 0 saturated carbocycles. The molecule has 0 spiro atoms. The van der Waals surface area contributed by atoms with E-state index in [1.165, 1.54) is 0 Å². The van der Waals surface area contributed by atoms with E-state index in [2.05, 4.69) is 12.2 Å². The Kier molecular flexibility index (Phi) is 4.72. The molecule has 2 N–H and O–H groups in total. The average Bonchev–Trinajstić information content (AvgIpc) is 1.82. The maximum atomic E-state index is 8.99. The zero-order chi connectivity index (χ0) is 7.28. The third kappa shape index (κ3) is 4.43. The molecule has 0 aromatic rings. The number of hydrogen-bond acceptors (Lipinski definition) is 2. The Morgan fingerprint density at radius 3 is 2.33 bits per heavy atom. The molecule has 56 valence electrons. The predicted molar refractivity (Wildman–Crippen MR) is 39.4 cm³/mol. The van der Waals surface area contributed by atoms with Crippen LogP contribution in [0.1, 0.15) is 27.2 Å². The number of aliphatic hydroxyl groups excluding tert-OH is 1. The minimum Gasteiger partial charge on any atom is -0.392 e. The van der Waals surface area contributed by atoms with Gasteiger partial charge in [0.1, 0.15) is 0 Å². The van der Waals surface area contributed by atoms with Crippen LogP contribution in [-0.4, -0.2) is 23.8 Å². The van der Waals surface area contributed by atoms with E-state index < -0.39 is 0 Å². The summed E-state index contributed by atoms with van der Waals surface area (Å²) in [6.45, 7) is 6.89. The molecule has 2 atom stereocenters. The molecular formula is C7H17NO. The Bertz CT molecular complexity index is 63.9. The van der Waals surface area contributed by atoms with Crippen molar-refractivity contribution in [2.24, 2.45) is 0 Å². The van der Waals surface area contributed by atoms with Gasteiger partial charge >= 0.3 is 0 Å². The molecule has 9 heavy (non-hydrogen) atoms. The van der Waals surface area contributed by atoms with Crippen LogP contribution >= 0.6 is 0 Å². The fourth-order valence-corrected chi connectivity index (χ4v) is 0.543. The minimum absolute atomic E-state index is 0.227. The van der Waals surface area contributed by atoms with Gasteiger partial charge in [0.05, 0.1) is 6.10 Å². The summed E-state index contributed by atoms with van der Waals surface area (Å²) in [5.74, 6) is 0. The molecule has 0 aromatic heterocycles. The van der Waals surface area contributed by atoms with Crippen LogP contribution in [0.15, 0.2) is 0 Å². The average molecular weight is 131 g/mol. The number of hydrogen-bond donors (Lipinski definition) is 2. The molecule has 0 heterocycles. The first-order valence-electron chi connectivity index (χ1n) is 3.60. The third-order valence-corrected chi connectivity index (χ3v) is 1.44. The second kappa shape index (κ2) is 4.77. The van der Waals surface area contributed by atoms with E-state index in [-0.39, 0.29) is 12.1 Å². The van der Waals surface area contributed by atoms with Crippen molar-refractivity contribution in [3.8, 4) is 0 Å². The van der Waals surface area contributed by atoms with Crippen molar-refractivity contribution >= 4 is 0 Å². The standard InChI is InChI=1S/C7H17NO/c1-4-5-8-6(2)7(3)9/h6-9H,4-5H2,1-3H3/t6-,7+/m1/s1. The van der Waals surface area contributed by atoms with Crippen LogP contribution in [0.25, 0.3) is 0 Å². The number of aliphatic hydroxyl groups is 1. The van der Waals surface area contributed by atoms with Gasteiger partial charge in [0.15, 0.2) is 0 Å². The molecule has 0 aliphatic heterocycles. The monoisotopic (exact) mass is 131 g/mol. The Morgan fingerprint density at radius 2 is 2.00 bits per heavy atom. The second-order valence-electron chi connectivity index (χ2n) is 2.48. The van der Waals surface area contributed by atoms with E-state index in [1.54, 1.807) is 6.92 Å². The summed E-state index contributed by atoms with van der Waals surface area (Å²) in [5.41, 5.74) is 0. The first-order chi connectivity index (χ1) is 4.18. The molecule has 0 unspecified atom stereocenters. The van der Waals surface area contributed by atoms with E-state index in [0.717, 1.165) is 13.0 Å². The Morgan fingerprint density at radius 1 is 1.44 bits per heavy atom. The van der Waals surface area contributed by atoms with E-state index in [4.69, 9.17) is 5.11 Å². The van der Waals surface area contributed by atoms with E-state index in [0.29, 0.717) is 0 Å². The minimum atomic E-state index is -0.239. The van der Waals surface area contributed by atoms with Crippen LogP contribution in [0.4, 0.5) is 0 Å². The van der Waals surface area contributed by atoms with Crippen LogP contribution in [0.5, 0.6) is 0 Å². The molecule has 0 amide bonds. The molecule has 2 nitrogen and oxygen atoms in total. The zero-order valence-corrected chi connectivity index (χ0v) is 6.52. The highest BCUT2D eigenvalue weighted by Gasteiger charge is 2.04. The number of nitrogens with one attached hydrogen (secondary N) is 1.